The van der Waals surface area contributed by atoms with Gasteiger partial charge >= 0.3 is 0 Å². The van der Waals surface area contributed by atoms with Crippen molar-refractivity contribution in [2.24, 2.45) is 5.92 Å². The summed E-state index contributed by atoms with van der Waals surface area (Å²) in [5, 5.41) is 8.92. The van der Waals surface area contributed by atoms with Gasteiger partial charge in [-0.15, -0.1) is 0 Å². The van der Waals surface area contributed by atoms with Crippen molar-refractivity contribution in [2.45, 2.75) is 31.3 Å². The number of furan rings is 1. The summed E-state index contributed by atoms with van der Waals surface area (Å²) < 4.78 is 36.9. The quantitative estimate of drug-likeness (QED) is 0.691. The molecule has 1 aromatic rings. The zero-order valence-corrected chi connectivity index (χ0v) is 11.7. The molecule has 0 unspecified atom stereocenters. The maximum atomic E-state index is 12.0. The Bertz CT molecular complexity index is 518. The second kappa shape index (κ2) is 6.04. The molecule has 0 bridgehead atoms. The van der Waals surface area contributed by atoms with Gasteiger partial charge in [-0.2, -0.15) is 0 Å². The lowest BCUT2D eigenvalue weighted by molar-refractivity contribution is 0.129. The Morgan fingerprint density at radius 2 is 2.26 bits per heavy atom. The molecular weight excluding hydrogens is 270 g/mol. The first-order chi connectivity index (χ1) is 9.03. The van der Waals surface area contributed by atoms with Crippen LogP contribution in [0.15, 0.2) is 15.4 Å². The van der Waals surface area contributed by atoms with Gasteiger partial charge in [0.2, 0.25) is 10.0 Å². The Balaban J connectivity index is 1.83. The summed E-state index contributed by atoms with van der Waals surface area (Å²) in [7, 11) is -3.60. The molecule has 6 nitrogen and oxygen atoms in total. The van der Waals surface area contributed by atoms with E-state index in [4.69, 9.17) is 14.3 Å². The molecular formula is C12H19NO5S. The second-order valence-corrected chi connectivity index (χ2v) is 6.44. The highest BCUT2D eigenvalue weighted by Crippen LogP contribution is 2.28. The standard InChI is InChI=1S/C12H19NO5S/c1-9-12(6-11(7-14)18-9)19(15,16)13-4-5-17-8-10-2-3-10/h6,10,13-14H,2-5,7-8H2,1H3. The molecule has 1 aromatic heterocycles. The number of hydrogen-bond donors (Lipinski definition) is 2. The van der Waals surface area contributed by atoms with Crippen LogP contribution >= 0.6 is 0 Å². The van der Waals surface area contributed by atoms with Gasteiger partial charge in [-0.05, 0) is 25.7 Å². The number of aliphatic hydroxyl groups excluding tert-OH is 1. The normalized spacial score (nSPS) is 15.9. The third-order valence-corrected chi connectivity index (χ3v) is 4.53. The lowest BCUT2D eigenvalue weighted by Crippen LogP contribution is -2.27. The molecule has 1 fully saturated rings. The molecule has 1 aliphatic rings. The van der Waals surface area contributed by atoms with E-state index in [9.17, 15) is 8.42 Å². The van der Waals surface area contributed by atoms with Crippen LogP contribution in [-0.2, 0) is 21.4 Å². The van der Waals surface area contributed by atoms with Crippen molar-refractivity contribution in [1.82, 2.24) is 4.72 Å². The molecule has 1 aliphatic carbocycles. The topological polar surface area (TPSA) is 88.8 Å². The number of ether oxygens (including phenoxy) is 1. The molecule has 0 atom stereocenters. The maximum absolute atomic E-state index is 12.0. The number of sulfonamides is 1. The van der Waals surface area contributed by atoms with Gasteiger partial charge in [0, 0.05) is 19.2 Å². The van der Waals surface area contributed by atoms with E-state index in [1.54, 1.807) is 6.92 Å². The molecule has 0 radical (unpaired) electrons. The molecule has 108 valence electrons. The number of nitrogens with one attached hydrogen (secondary N) is 1. The van der Waals surface area contributed by atoms with Gasteiger partial charge in [0.05, 0.1) is 6.61 Å². The van der Waals surface area contributed by atoms with E-state index in [1.807, 2.05) is 0 Å². The SMILES string of the molecule is Cc1oc(CO)cc1S(=O)(=O)NCCOCC1CC1. The molecule has 1 heterocycles. The molecule has 7 heteroatoms. The summed E-state index contributed by atoms with van der Waals surface area (Å²) in [6.45, 7) is 2.53. The van der Waals surface area contributed by atoms with Gasteiger partial charge in [-0.1, -0.05) is 0 Å². The van der Waals surface area contributed by atoms with Crippen LogP contribution in [0.5, 0.6) is 0 Å². The third-order valence-electron chi connectivity index (χ3n) is 2.96. The van der Waals surface area contributed by atoms with Crippen LogP contribution in [-0.4, -0.2) is 33.3 Å². The maximum Gasteiger partial charge on any atom is 0.244 e. The van der Waals surface area contributed by atoms with E-state index in [0.29, 0.717) is 19.1 Å². The van der Waals surface area contributed by atoms with E-state index in [1.165, 1.54) is 18.9 Å². The van der Waals surface area contributed by atoms with Gasteiger partial charge in [0.1, 0.15) is 23.0 Å². The largest absolute Gasteiger partial charge is 0.462 e. The number of aliphatic hydroxyl groups is 1. The molecule has 1 saturated carbocycles. The fraction of sp³-hybridized carbons (Fsp3) is 0.667. The highest BCUT2D eigenvalue weighted by Gasteiger charge is 2.22. The first-order valence-electron chi connectivity index (χ1n) is 6.30. The Kier molecular flexibility index (Phi) is 4.62. The highest BCUT2D eigenvalue weighted by molar-refractivity contribution is 7.89. The summed E-state index contributed by atoms with van der Waals surface area (Å²) in [6.07, 6.45) is 2.42. The molecule has 0 aliphatic heterocycles. The van der Waals surface area contributed by atoms with Crippen LogP contribution < -0.4 is 4.72 Å². The predicted octanol–water partition coefficient (Wildman–Crippen LogP) is 0.785. The van der Waals surface area contributed by atoms with Gasteiger partial charge in [0.25, 0.3) is 0 Å². The average molecular weight is 289 g/mol. The molecule has 0 saturated heterocycles. The van der Waals surface area contributed by atoms with Crippen molar-refractivity contribution >= 4 is 10.0 Å². The van der Waals surface area contributed by atoms with Crippen molar-refractivity contribution in [2.75, 3.05) is 19.8 Å². The van der Waals surface area contributed by atoms with Crippen LogP contribution in [0.25, 0.3) is 0 Å². The van der Waals surface area contributed by atoms with Gasteiger partial charge in [-0.25, -0.2) is 13.1 Å². The lowest BCUT2D eigenvalue weighted by atomic mass is 10.4. The van der Waals surface area contributed by atoms with E-state index in [2.05, 4.69) is 4.72 Å². The average Bonchev–Trinajstić information content (AvgIpc) is 3.10. The minimum absolute atomic E-state index is 0.0683. The molecule has 0 aromatic carbocycles. The van der Waals surface area contributed by atoms with Crippen LogP contribution in [0.3, 0.4) is 0 Å². The molecule has 0 spiro atoms. The highest BCUT2D eigenvalue weighted by atomic mass is 32.2. The lowest BCUT2D eigenvalue weighted by Gasteiger charge is -2.06. The van der Waals surface area contributed by atoms with Crippen molar-refractivity contribution in [3.05, 3.63) is 17.6 Å². The minimum atomic E-state index is -3.60. The molecule has 0 amide bonds. The summed E-state index contributed by atoms with van der Waals surface area (Å²) >= 11 is 0. The summed E-state index contributed by atoms with van der Waals surface area (Å²) in [5.74, 6) is 1.18. The van der Waals surface area contributed by atoms with E-state index >= 15 is 0 Å². The van der Waals surface area contributed by atoms with Crippen molar-refractivity contribution in [3.8, 4) is 0 Å². The summed E-state index contributed by atoms with van der Waals surface area (Å²) in [6, 6.07) is 1.34. The minimum Gasteiger partial charge on any atom is -0.462 e. The molecule has 19 heavy (non-hydrogen) atoms. The first kappa shape index (κ1) is 14.5. The zero-order chi connectivity index (χ0) is 13.9. The Morgan fingerprint density at radius 1 is 1.53 bits per heavy atom. The summed E-state index contributed by atoms with van der Waals surface area (Å²) in [5.41, 5.74) is 0. The third kappa shape index (κ3) is 4.04. The smallest absolute Gasteiger partial charge is 0.244 e. The van der Waals surface area contributed by atoms with Crippen molar-refractivity contribution in [1.29, 1.82) is 0 Å². The van der Waals surface area contributed by atoms with Gasteiger partial charge in [-0.3, -0.25) is 0 Å². The Hall–Kier alpha value is -0.890. The van der Waals surface area contributed by atoms with Crippen LogP contribution in [0.2, 0.25) is 0 Å². The van der Waals surface area contributed by atoms with Gasteiger partial charge < -0.3 is 14.3 Å². The molecule has 2 rings (SSSR count). The summed E-state index contributed by atoms with van der Waals surface area (Å²) in [4.78, 5) is 0.0683. The monoisotopic (exact) mass is 289 g/mol. The van der Waals surface area contributed by atoms with Gasteiger partial charge in [0.15, 0.2) is 0 Å². The van der Waals surface area contributed by atoms with Crippen molar-refractivity contribution < 1.29 is 22.7 Å². The number of rotatable bonds is 8. The zero-order valence-electron chi connectivity index (χ0n) is 10.9. The van der Waals surface area contributed by atoms with Crippen LogP contribution in [0.4, 0.5) is 0 Å². The van der Waals surface area contributed by atoms with E-state index in [-0.39, 0.29) is 29.6 Å². The second-order valence-electron chi connectivity index (χ2n) is 4.71. The Labute approximate surface area is 112 Å². The predicted molar refractivity (Wildman–Crippen MR) is 68.1 cm³/mol. The van der Waals surface area contributed by atoms with E-state index in [0.717, 1.165) is 0 Å². The first-order valence-corrected chi connectivity index (χ1v) is 7.79. The Morgan fingerprint density at radius 3 is 2.84 bits per heavy atom. The van der Waals surface area contributed by atoms with E-state index < -0.39 is 10.0 Å². The fourth-order valence-electron chi connectivity index (χ4n) is 1.73. The number of hydrogen-bond acceptors (Lipinski definition) is 5. The van der Waals surface area contributed by atoms with Crippen LogP contribution in [0, 0.1) is 12.8 Å². The number of aryl methyl sites for hydroxylation is 1. The fourth-order valence-corrected chi connectivity index (χ4v) is 2.94. The van der Waals surface area contributed by atoms with Crippen LogP contribution in [0.1, 0.15) is 24.4 Å². The van der Waals surface area contributed by atoms with Crippen molar-refractivity contribution in [3.63, 3.8) is 0 Å². The molecule has 2 N–H and O–H groups in total.